The molecule has 0 radical (unpaired) electrons. The number of hydrogen-bond donors (Lipinski definition) is 1. The van der Waals surface area contributed by atoms with E-state index in [1.54, 1.807) is 17.9 Å². The zero-order valence-electron chi connectivity index (χ0n) is 6.86. The van der Waals surface area contributed by atoms with Crippen molar-refractivity contribution in [3.63, 3.8) is 0 Å². The second-order valence-corrected chi connectivity index (χ2v) is 2.94. The molecule has 0 amide bonds. The van der Waals surface area contributed by atoms with Crippen molar-refractivity contribution >= 4 is 0 Å². The lowest BCUT2D eigenvalue weighted by Crippen LogP contribution is -2.29. The van der Waals surface area contributed by atoms with E-state index < -0.39 is 5.60 Å². The maximum Gasteiger partial charge on any atom is 0.137 e. The molecule has 1 rings (SSSR count). The minimum atomic E-state index is -0.673. The van der Waals surface area contributed by atoms with E-state index in [4.69, 9.17) is 0 Å². The molecule has 70 valence electrons. The normalized spacial score (nSPS) is 14.9. The van der Waals surface area contributed by atoms with Gasteiger partial charge in [0.25, 0.3) is 0 Å². The Kier molecular flexibility index (Phi) is 3.89. The molecule has 0 aromatic carbocycles. The third-order valence-corrected chi connectivity index (χ3v) is 1.73. The summed E-state index contributed by atoms with van der Waals surface area (Å²) in [6.45, 7) is 4.23. The third-order valence-electron chi connectivity index (χ3n) is 1.73. The smallest absolute Gasteiger partial charge is 0.137 e. The van der Waals surface area contributed by atoms with Crippen LogP contribution in [0.1, 0.15) is 27.7 Å². The van der Waals surface area contributed by atoms with E-state index >= 15 is 0 Å². The molecule has 0 spiro atoms. The van der Waals surface area contributed by atoms with Crippen LogP contribution in [-0.2, 0) is 6.54 Å². The fourth-order valence-electron chi connectivity index (χ4n) is 0.775. The number of aliphatic hydroxyl groups is 1. The molecule has 0 bridgehead atoms. The highest BCUT2D eigenvalue weighted by atomic mass is 16.3. The van der Waals surface area contributed by atoms with Crippen LogP contribution in [0.2, 0.25) is 0 Å². The molecule has 1 atom stereocenters. The van der Waals surface area contributed by atoms with Crippen molar-refractivity contribution in [3.8, 4) is 0 Å². The summed E-state index contributed by atoms with van der Waals surface area (Å²) in [7, 11) is 0. The molecule has 0 saturated heterocycles. The molecule has 1 heterocycles. The predicted octanol–water partition coefficient (Wildman–Crippen LogP) is 1.08. The second kappa shape index (κ2) is 4.21. The highest BCUT2D eigenvalue weighted by Crippen LogP contribution is 2.09. The number of aromatic nitrogens is 3. The van der Waals surface area contributed by atoms with Gasteiger partial charge in [0, 0.05) is 0 Å². The van der Waals surface area contributed by atoms with Gasteiger partial charge in [0.1, 0.15) is 12.7 Å². The first kappa shape index (κ1) is 11.1. The van der Waals surface area contributed by atoms with Crippen LogP contribution in [-0.4, -0.2) is 25.5 Å². The fraction of sp³-hybridized carbons (Fsp3) is 0.750. The molecule has 4 heteroatoms. The van der Waals surface area contributed by atoms with Crippen LogP contribution in [0.25, 0.3) is 0 Å². The van der Waals surface area contributed by atoms with E-state index in [0.717, 1.165) is 0 Å². The maximum atomic E-state index is 9.61. The first-order chi connectivity index (χ1) is 5.14. The van der Waals surface area contributed by atoms with E-state index in [1.807, 2.05) is 6.92 Å². The average molecular weight is 171 g/mol. The second-order valence-electron chi connectivity index (χ2n) is 2.94. The molecule has 0 aliphatic carbocycles. The first-order valence-corrected chi connectivity index (χ1v) is 3.69. The zero-order valence-corrected chi connectivity index (χ0v) is 6.86. The van der Waals surface area contributed by atoms with E-state index in [0.29, 0.717) is 13.0 Å². The van der Waals surface area contributed by atoms with Crippen LogP contribution in [0.15, 0.2) is 12.7 Å². The van der Waals surface area contributed by atoms with Crippen molar-refractivity contribution in [2.45, 2.75) is 39.8 Å². The molecular formula is C8H17N3O. The van der Waals surface area contributed by atoms with Gasteiger partial charge in [0.2, 0.25) is 0 Å². The largest absolute Gasteiger partial charge is 0.388 e. The number of nitrogens with zero attached hydrogens (tertiary/aromatic N) is 3. The van der Waals surface area contributed by atoms with Crippen LogP contribution in [0.4, 0.5) is 0 Å². The monoisotopic (exact) mass is 171 g/mol. The van der Waals surface area contributed by atoms with Crippen molar-refractivity contribution in [2.24, 2.45) is 0 Å². The number of rotatable bonds is 3. The Morgan fingerprint density at radius 1 is 1.58 bits per heavy atom. The Bertz CT molecular complexity index is 206. The molecule has 0 aliphatic heterocycles. The van der Waals surface area contributed by atoms with Crippen molar-refractivity contribution in [1.82, 2.24) is 14.8 Å². The van der Waals surface area contributed by atoms with E-state index in [-0.39, 0.29) is 7.43 Å². The minimum absolute atomic E-state index is 0. The Labute approximate surface area is 73.2 Å². The lowest BCUT2D eigenvalue weighted by Gasteiger charge is -2.20. The number of hydrogen-bond acceptors (Lipinski definition) is 3. The van der Waals surface area contributed by atoms with Crippen LogP contribution < -0.4 is 0 Å². The zero-order chi connectivity index (χ0) is 8.32. The quantitative estimate of drug-likeness (QED) is 0.740. The minimum Gasteiger partial charge on any atom is -0.388 e. The Balaban J connectivity index is 0.00000121. The van der Waals surface area contributed by atoms with Gasteiger partial charge in [-0.15, -0.1) is 0 Å². The van der Waals surface area contributed by atoms with Crippen molar-refractivity contribution in [2.75, 3.05) is 0 Å². The summed E-state index contributed by atoms with van der Waals surface area (Å²) in [4.78, 5) is 3.78. The summed E-state index contributed by atoms with van der Waals surface area (Å²) in [6, 6.07) is 0. The van der Waals surface area contributed by atoms with Crippen LogP contribution in [0.3, 0.4) is 0 Å². The lowest BCUT2D eigenvalue weighted by molar-refractivity contribution is 0.0344. The van der Waals surface area contributed by atoms with E-state index in [2.05, 4.69) is 10.1 Å². The summed E-state index contributed by atoms with van der Waals surface area (Å²) in [5.74, 6) is 0. The molecule has 1 N–H and O–H groups in total. The molecule has 12 heavy (non-hydrogen) atoms. The van der Waals surface area contributed by atoms with E-state index in [1.165, 1.54) is 6.33 Å². The van der Waals surface area contributed by atoms with Crippen molar-refractivity contribution in [1.29, 1.82) is 0 Å². The summed E-state index contributed by atoms with van der Waals surface area (Å²) in [5, 5.41) is 13.5. The Hall–Kier alpha value is -0.900. The van der Waals surface area contributed by atoms with Gasteiger partial charge in [-0.05, 0) is 13.3 Å². The van der Waals surface area contributed by atoms with Crippen molar-refractivity contribution < 1.29 is 5.11 Å². The Morgan fingerprint density at radius 2 is 2.25 bits per heavy atom. The predicted molar refractivity (Wildman–Crippen MR) is 47.7 cm³/mol. The van der Waals surface area contributed by atoms with Gasteiger partial charge in [0.15, 0.2) is 0 Å². The average Bonchev–Trinajstić information content (AvgIpc) is 2.39. The van der Waals surface area contributed by atoms with Gasteiger partial charge < -0.3 is 5.11 Å². The summed E-state index contributed by atoms with van der Waals surface area (Å²) < 4.78 is 1.63. The van der Waals surface area contributed by atoms with Crippen LogP contribution >= 0.6 is 0 Å². The van der Waals surface area contributed by atoms with Crippen molar-refractivity contribution in [3.05, 3.63) is 12.7 Å². The molecule has 1 aromatic rings. The molecule has 1 unspecified atom stereocenters. The molecule has 0 fully saturated rings. The molecule has 4 nitrogen and oxygen atoms in total. The van der Waals surface area contributed by atoms with E-state index in [9.17, 15) is 5.11 Å². The summed E-state index contributed by atoms with van der Waals surface area (Å²) in [5.41, 5.74) is -0.673. The standard InChI is InChI=1S/C7H13N3O.CH4/c1-3-7(2,11)4-10-6-8-5-9-10;/h5-6,11H,3-4H2,1-2H3;1H4. The van der Waals surface area contributed by atoms with Crippen LogP contribution in [0, 0.1) is 0 Å². The Morgan fingerprint density at radius 3 is 2.67 bits per heavy atom. The van der Waals surface area contributed by atoms with Gasteiger partial charge >= 0.3 is 0 Å². The third kappa shape index (κ3) is 3.00. The van der Waals surface area contributed by atoms with Gasteiger partial charge in [-0.1, -0.05) is 14.4 Å². The lowest BCUT2D eigenvalue weighted by atomic mass is 10.0. The van der Waals surface area contributed by atoms with Gasteiger partial charge in [-0.2, -0.15) is 5.10 Å². The van der Waals surface area contributed by atoms with Gasteiger partial charge in [0.05, 0.1) is 12.1 Å². The van der Waals surface area contributed by atoms with Crippen LogP contribution in [0.5, 0.6) is 0 Å². The topological polar surface area (TPSA) is 50.9 Å². The molecule has 0 aliphatic rings. The highest BCUT2D eigenvalue weighted by molar-refractivity contribution is 4.71. The summed E-state index contributed by atoms with van der Waals surface area (Å²) in [6.07, 6.45) is 3.78. The van der Waals surface area contributed by atoms with Gasteiger partial charge in [-0.3, -0.25) is 4.68 Å². The SMILES string of the molecule is C.CCC(C)(O)Cn1cncn1. The molecule has 0 saturated carbocycles. The molecular weight excluding hydrogens is 154 g/mol. The maximum absolute atomic E-state index is 9.61. The highest BCUT2D eigenvalue weighted by Gasteiger charge is 2.17. The summed E-state index contributed by atoms with van der Waals surface area (Å²) >= 11 is 0. The first-order valence-electron chi connectivity index (χ1n) is 3.69. The fourth-order valence-corrected chi connectivity index (χ4v) is 0.775. The molecule has 1 aromatic heterocycles. The van der Waals surface area contributed by atoms with Gasteiger partial charge in [-0.25, -0.2) is 4.98 Å².